The first-order valence-corrected chi connectivity index (χ1v) is 6.89. The lowest BCUT2D eigenvalue weighted by atomic mass is 10.1. The van der Waals surface area contributed by atoms with Gasteiger partial charge in [-0.1, -0.05) is 12.2 Å². The number of rotatable bonds is 3. The molecule has 7 N–H and O–H groups in total. The molecule has 2 aromatic rings. The molecule has 1 unspecified atom stereocenters. The quantitative estimate of drug-likeness (QED) is 0.414. The van der Waals surface area contributed by atoms with Crippen LogP contribution in [0, 0.1) is 0 Å². The van der Waals surface area contributed by atoms with Gasteiger partial charge in [0, 0.05) is 11.8 Å². The van der Waals surface area contributed by atoms with Gasteiger partial charge in [0.25, 0.3) is 0 Å². The van der Waals surface area contributed by atoms with E-state index >= 15 is 0 Å². The third-order valence-corrected chi connectivity index (χ3v) is 3.92. The first-order chi connectivity index (χ1) is 10.5. The molecule has 4 atom stereocenters. The molecule has 3 rings (SSSR count). The zero-order valence-corrected chi connectivity index (χ0v) is 12.1. The first-order valence-electron chi connectivity index (χ1n) is 6.49. The molecule has 0 radical (unpaired) electrons. The molecule has 9 nitrogen and oxygen atoms in total. The molecule has 22 heavy (non-hydrogen) atoms. The monoisotopic (exact) mass is 325 g/mol. The summed E-state index contributed by atoms with van der Waals surface area (Å²) in [6.45, 7) is -0.423. The third kappa shape index (κ3) is 2.12. The smallest absolute Gasteiger partial charge is 0.164 e. The number of aromatic nitrogens is 3. The van der Waals surface area contributed by atoms with Crippen molar-refractivity contribution in [3.8, 4) is 0 Å². The average Bonchev–Trinajstić information content (AvgIpc) is 3.00. The van der Waals surface area contributed by atoms with Crippen molar-refractivity contribution in [1.82, 2.24) is 14.5 Å². The van der Waals surface area contributed by atoms with Gasteiger partial charge in [-0.3, -0.25) is 0 Å². The van der Waals surface area contributed by atoms with E-state index in [9.17, 15) is 15.3 Å². The Hall–Kier alpha value is -1.85. The van der Waals surface area contributed by atoms with E-state index in [4.69, 9.17) is 28.4 Å². The molecule has 118 valence electrons. The summed E-state index contributed by atoms with van der Waals surface area (Å²) in [5.41, 5.74) is 12.4. The van der Waals surface area contributed by atoms with Gasteiger partial charge in [0.2, 0.25) is 0 Å². The molecular weight excluding hydrogens is 310 g/mol. The van der Waals surface area contributed by atoms with E-state index in [0.717, 1.165) is 0 Å². The molecule has 0 aromatic carbocycles. The Morgan fingerprint density at radius 2 is 2.09 bits per heavy atom. The number of aliphatic hydroxyl groups is 3. The van der Waals surface area contributed by atoms with Gasteiger partial charge in [-0.05, 0) is 0 Å². The number of fused-ring (bicyclic) bond motifs is 1. The summed E-state index contributed by atoms with van der Waals surface area (Å²) < 4.78 is 6.97. The van der Waals surface area contributed by atoms with Crippen LogP contribution < -0.4 is 11.5 Å². The third-order valence-electron chi connectivity index (χ3n) is 3.70. The van der Waals surface area contributed by atoms with Gasteiger partial charge in [-0.15, -0.1) is 0 Å². The highest BCUT2D eigenvalue weighted by Gasteiger charge is 2.44. The number of thiocarbonyl (C=S) groups is 1. The van der Waals surface area contributed by atoms with Crippen LogP contribution in [0.25, 0.3) is 11.0 Å². The number of aliphatic hydroxyl groups excluding tert-OH is 3. The van der Waals surface area contributed by atoms with Gasteiger partial charge in [0.05, 0.1) is 12.0 Å². The van der Waals surface area contributed by atoms with Crippen molar-refractivity contribution in [2.75, 3.05) is 12.3 Å². The minimum atomic E-state index is -1.25. The molecule has 1 fully saturated rings. The minimum absolute atomic E-state index is 0.0944. The maximum atomic E-state index is 10.1. The number of nitrogens with zero attached hydrogens (tertiary/aromatic N) is 3. The number of hydrogen-bond donors (Lipinski definition) is 5. The van der Waals surface area contributed by atoms with Crippen LogP contribution >= 0.6 is 12.2 Å². The van der Waals surface area contributed by atoms with E-state index in [-0.39, 0.29) is 10.8 Å². The summed E-state index contributed by atoms with van der Waals surface area (Å²) in [5.74, 6) is 0.193. The summed E-state index contributed by atoms with van der Waals surface area (Å²) in [5, 5.41) is 29.6. The van der Waals surface area contributed by atoms with Gasteiger partial charge in [-0.2, -0.15) is 0 Å². The Balaban J connectivity index is 2.16. The summed E-state index contributed by atoms with van der Waals surface area (Å²) in [7, 11) is 0. The van der Waals surface area contributed by atoms with Gasteiger partial charge >= 0.3 is 0 Å². The standard InChI is InChI=1S/C12H15N5O4S/c13-9-6-4(10(14)22)1-17(11(6)16-3-15-9)12-8(20)7(19)5(2-18)21-12/h1,3,5,7-8,12,18-20H,2H2,(H2,14,22)(H2,13,15,16)/t5?,7-,8-,12-/m1/s1. The van der Waals surface area contributed by atoms with Crippen molar-refractivity contribution in [2.24, 2.45) is 5.73 Å². The fraction of sp³-hybridized carbons (Fsp3) is 0.417. The fourth-order valence-electron chi connectivity index (χ4n) is 2.60. The molecule has 0 amide bonds. The Bertz CT molecular complexity index is 736. The van der Waals surface area contributed by atoms with Gasteiger partial charge < -0.3 is 36.1 Å². The summed E-state index contributed by atoms with van der Waals surface area (Å²) in [6, 6.07) is 0. The Kier molecular flexibility index (Phi) is 3.70. The molecule has 0 saturated carbocycles. The first kappa shape index (κ1) is 15.1. The lowest BCUT2D eigenvalue weighted by molar-refractivity contribution is -0.0508. The Morgan fingerprint density at radius 3 is 2.68 bits per heavy atom. The molecule has 2 aromatic heterocycles. The van der Waals surface area contributed by atoms with Crippen molar-refractivity contribution in [3.05, 3.63) is 18.1 Å². The SMILES string of the molecule is NC(=S)c1cn([C@@H]2OC(CO)[C@@H](O)[C@H]2O)c2ncnc(N)c12. The Morgan fingerprint density at radius 1 is 1.36 bits per heavy atom. The van der Waals surface area contributed by atoms with Crippen molar-refractivity contribution in [3.63, 3.8) is 0 Å². The molecule has 0 bridgehead atoms. The predicted molar refractivity (Wildman–Crippen MR) is 80.8 cm³/mol. The van der Waals surface area contributed by atoms with E-state index in [1.54, 1.807) is 6.20 Å². The molecule has 3 heterocycles. The van der Waals surface area contributed by atoms with E-state index in [1.807, 2.05) is 0 Å². The van der Waals surface area contributed by atoms with Crippen LogP contribution in [0.5, 0.6) is 0 Å². The topological polar surface area (TPSA) is 153 Å². The van der Waals surface area contributed by atoms with Crippen LogP contribution in [-0.2, 0) is 4.74 Å². The van der Waals surface area contributed by atoms with Crippen molar-refractivity contribution < 1.29 is 20.1 Å². The van der Waals surface area contributed by atoms with E-state index in [2.05, 4.69) is 9.97 Å². The molecular formula is C12H15N5O4S. The second kappa shape index (κ2) is 5.41. The summed E-state index contributed by atoms with van der Waals surface area (Å²) >= 11 is 5.00. The normalized spacial score (nSPS) is 28.3. The maximum absolute atomic E-state index is 10.1. The minimum Gasteiger partial charge on any atom is -0.394 e. The summed E-state index contributed by atoms with van der Waals surface area (Å²) in [4.78, 5) is 8.12. The number of nitrogen functional groups attached to an aromatic ring is 1. The highest BCUT2D eigenvalue weighted by atomic mass is 32.1. The number of ether oxygens (including phenoxy) is 1. The van der Waals surface area contributed by atoms with Gasteiger partial charge in [0.1, 0.15) is 41.1 Å². The lowest BCUT2D eigenvalue weighted by Crippen LogP contribution is -2.33. The van der Waals surface area contributed by atoms with Gasteiger partial charge in [0.15, 0.2) is 6.23 Å². The number of anilines is 1. The highest BCUT2D eigenvalue weighted by Crippen LogP contribution is 2.34. The largest absolute Gasteiger partial charge is 0.394 e. The zero-order valence-electron chi connectivity index (χ0n) is 11.3. The second-order valence-electron chi connectivity index (χ2n) is 5.00. The zero-order chi connectivity index (χ0) is 16.0. The predicted octanol–water partition coefficient (Wildman–Crippen LogP) is -1.74. The van der Waals surface area contributed by atoms with Crippen molar-refractivity contribution in [1.29, 1.82) is 0 Å². The molecule has 1 aliphatic rings. The Labute approximate surface area is 130 Å². The molecule has 1 saturated heterocycles. The summed E-state index contributed by atoms with van der Waals surface area (Å²) in [6.07, 6.45) is -1.52. The lowest BCUT2D eigenvalue weighted by Gasteiger charge is -2.17. The fourth-order valence-corrected chi connectivity index (χ4v) is 2.75. The van der Waals surface area contributed by atoms with Crippen molar-refractivity contribution in [2.45, 2.75) is 24.5 Å². The van der Waals surface area contributed by atoms with Crippen LogP contribution in [0.2, 0.25) is 0 Å². The van der Waals surface area contributed by atoms with Crippen LogP contribution in [0.4, 0.5) is 5.82 Å². The average molecular weight is 325 g/mol. The molecule has 0 aliphatic carbocycles. The maximum Gasteiger partial charge on any atom is 0.164 e. The number of hydrogen-bond acceptors (Lipinski definition) is 8. The van der Waals surface area contributed by atoms with Crippen LogP contribution in [0.3, 0.4) is 0 Å². The van der Waals surface area contributed by atoms with E-state index in [1.165, 1.54) is 10.9 Å². The van der Waals surface area contributed by atoms with Crippen molar-refractivity contribution >= 4 is 34.1 Å². The van der Waals surface area contributed by atoms with Crippen LogP contribution in [-0.4, -0.2) is 59.8 Å². The van der Waals surface area contributed by atoms with E-state index < -0.39 is 31.1 Å². The molecule has 10 heteroatoms. The van der Waals surface area contributed by atoms with Gasteiger partial charge in [-0.25, -0.2) is 9.97 Å². The molecule has 1 aliphatic heterocycles. The van der Waals surface area contributed by atoms with Crippen LogP contribution in [0.15, 0.2) is 12.5 Å². The van der Waals surface area contributed by atoms with E-state index in [0.29, 0.717) is 16.6 Å². The second-order valence-corrected chi connectivity index (χ2v) is 5.44. The molecule has 0 spiro atoms. The number of nitrogens with two attached hydrogens (primary N) is 2. The van der Waals surface area contributed by atoms with Crippen LogP contribution in [0.1, 0.15) is 11.8 Å². The highest BCUT2D eigenvalue weighted by molar-refractivity contribution is 7.80.